The zero-order valence-corrected chi connectivity index (χ0v) is 18.9. The fourth-order valence-corrected chi connectivity index (χ4v) is 4.08. The van der Waals surface area contributed by atoms with Gasteiger partial charge in [0, 0.05) is 22.7 Å². The molecule has 0 bridgehead atoms. The van der Waals surface area contributed by atoms with Gasteiger partial charge in [0.1, 0.15) is 0 Å². The first-order valence-corrected chi connectivity index (χ1v) is 11.7. The summed E-state index contributed by atoms with van der Waals surface area (Å²) in [6, 6.07) is 17.2. The number of hydrogen-bond donors (Lipinski definition) is 1. The van der Waals surface area contributed by atoms with Gasteiger partial charge >= 0.3 is 0 Å². The molecule has 3 rings (SSSR count). The molecule has 0 saturated carbocycles. The van der Waals surface area contributed by atoms with E-state index in [4.69, 9.17) is 11.6 Å². The molecule has 8 nitrogen and oxygen atoms in total. The number of amides is 1. The van der Waals surface area contributed by atoms with E-state index in [1.54, 1.807) is 61.5 Å². The second kappa shape index (κ2) is 9.37. The molecule has 1 amide bonds. The van der Waals surface area contributed by atoms with Gasteiger partial charge in [0.2, 0.25) is 10.0 Å². The fourth-order valence-electron chi connectivity index (χ4n) is 3.01. The molecule has 0 saturated heterocycles. The zero-order chi connectivity index (χ0) is 23.5. The summed E-state index contributed by atoms with van der Waals surface area (Å²) in [6.07, 6.45) is 1.11. The minimum atomic E-state index is -3.58. The molecule has 166 valence electrons. The fraction of sp³-hybridized carbons (Fsp3) is 0.136. The van der Waals surface area contributed by atoms with Gasteiger partial charge < -0.3 is 5.32 Å². The van der Waals surface area contributed by atoms with E-state index in [-0.39, 0.29) is 12.2 Å². The summed E-state index contributed by atoms with van der Waals surface area (Å²) in [4.78, 5) is 23.0. The second-order valence-corrected chi connectivity index (χ2v) is 9.50. The first-order valence-electron chi connectivity index (χ1n) is 9.43. The third-order valence-electron chi connectivity index (χ3n) is 4.72. The molecule has 32 heavy (non-hydrogen) atoms. The number of anilines is 2. The maximum atomic E-state index is 12.6. The molecule has 0 radical (unpaired) electrons. The zero-order valence-electron chi connectivity index (χ0n) is 17.3. The average Bonchev–Trinajstić information content (AvgIpc) is 2.73. The maximum Gasteiger partial charge on any atom is 0.271 e. The predicted molar refractivity (Wildman–Crippen MR) is 125 cm³/mol. The summed E-state index contributed by atoms with van der Waals surface area (Å²) < 4.78 is 25.8. The molecule has 10 heteroatoms. The van der Waals surface area contributed by atoms with E-state index in [0.29, 0.717) is 33.1 Å². The first-order chi connectivity index (χ1) is 15.0. The van der Waals surface area contributed by atoms with Gasteiger partial charge in [0.05, 0.1) is 29.1 Å². The Kier molecular flexibility index (Phi) is 6.81. The Morgan fingerprint density at radius 2 is 1.78 bits per heavy atom. The van der Waals surface area contributed by atoms with E-state index >= 15 is 0 Å². The number of non-ortho nitro benzene ring substituents is 1. The molecule has 0 fully saturated rings. The Labute approximate surface area is 190 Å². The summed E-state index contributed by atoms with van der Waals surface area (Å²) in [5.41, 5.74) is 2.33. The first kappa shape index (κ1) is 23.2. The van der Waals surface area contributed by atoms with Gasteiger partial charge in [-0.2, -0.15) is 0 Å². The third-order valence-corrected chi connectivity index (χ3v) is 6.09. The van der Waals surface area contributed by atoms with Crippen LogP contribution in [0.3, 0.4) is 0 Å². The van der Waals surface area contributed by atoms with Crippen molar-refractivity contribution in [2.45, 2.75) is 13.5 Å². The normalized spacial score (nSPS) is 11.1. The number of nitro benzene ring substituents is 1. The highest BCUT2D eigenvalue weighted by Crippen LogP contribution is 2.25. The molecule has 0 aliphatic carbocycles. The van der Waals surface area contributed by atoms with Crippen LogP contribution >= 0.6 is 11.6 Å². The SMILES string of the molecule is Cc1ccc([N+](=O)[O-])cc1NC(=O)c1ccc(CN(c2cccc(Cl)c2)S(C)(=O)=O)cc1. The number of nitrogens with one attached hydrogen (secondary N) is 1. The van der Waals surface area contributed by atoms with Crippen LogP contribution in [-0.4, -0.2) is 25.5 Å². The quantitative estimate of drug-likeness (QED) is 0.392. The Morgan fingerprint density at radius 3 is 2.38 bits per heavy atom. The smallest absolute Gasteiger partial charge is 0.271 e. The topological polar surface area (TPSA) is 110 Å². The highest BCUT2D eigenvalue weighted by Gasteiger charge is 2.19. The van der Waals surface area contributed by atoms with Crippen molar-refractivity contribution in [2.75, 3.05) is 15.9 Å². The Bertz CT molecular complexity index is 1280. The van der Waals surface area contributed by atoms with Gasteiger partial charge in [-0.25, -0.2) is 8.42 Å². The van der Waals surface area contributed by atoms with Crippen LogP contribution in [0.4, 0.5) is 17.1 Å². The standard InChI is InChI=1S/C22H20ClN3O5S/c1-15-6-11-20(26(28)29)13-21(15)24-22(27)17-9-7-16(8-10-17)14-25(32(2,30)31)19-5-3-4-18(23)12-19/h3-13H,14H2,1-2H3,(H,24,27). The molecule has 3 aromatic carbocycles. The van der Waals surface area contributed by atoms with Crippen molar-refractivity contribution in [1.29, 1.82) is 0 Å². The van der Waals surface area contributed by atoms with Crippen LogP contribution < -0.4 is 9.62 Å². The van der Waals surface area contributed by atoms with E-state index in [2.05, 4.69) is 5.32 Å². The number of carbonyl (C=O) groups excluding carboxylic acids is 1. The highest BCUT2D eigenvalue weighted by atomic mass is 35.5. The van der Waals surface area contributed by atoms with Crippen LogP contribution in [0.1, 0.15) is 21.5 Å². The summed E-state index contributed by atoms with van der Waals surface area (Å²) >= 11 is 6.00. The van der Waals surface area contributed by atoms with E-state index < -0.39 is 20.9 Å². The third kappa shape index (κ3) is 5.63. The molecule has 0 heterocycles. The number of carbonyl (C=O) groups is 1. The van der Waals surface area contributed by atoms with Crippen molar-refractivity contribution in [2.24, 2.45) is 0 Å². The lowest BCUT2D eigenvalue weighted by molar-refractivity contribution is -0.384. The molecule has 0 aliphatic rings. The predicted octanol–water partition coefficient (Wildman–Crippen LogP) is 4.78. The number of nitro groups is 1. The van der Waals surface area contributed by atoms with Crippen LogP contribution in [0.25, 0.3) is 0 Å². The van der Waals surface area contributed by atoms with Crippen molar-refractivity contribution in [3.63, 3.8) is 0 Å². The van der Waals surface area contributed by atoms with Crippen molar-refractivity contribution in [1.82, 2.24) is 0 Å². The lowest BCUT2D eigenvalue weighted by Crippen LogP contribution is -2.29. The summed E-state index contributed by atoms with van der Waals surface area (Å²) in [6.45, 7) is 1.79. The van der Waals surface area contributed by atoms with Crippen LogP contribution in [-0.2, 0) is 16.6 Å². The molecule has 0 aromatic heterocycles. The van der Waals surface area contributed by atoms with Crippen molar-refractivity contribution >= 4 is 44.6 Å². The second-order valence-electron chi connectivity index (χ2n) is 7.16. The molecule has 1 N–H and O–H groups in total. The number of nitrogens with zero attached hydrogens (tertiary/aromatic N) is 2. The minimum Gasteiger partial charge on any atom is -0.321 e. The van der Waals surface area contributed by atoms with Gasteiger partial charge in [-0.3, -0.25) is 19.2 Å². The summed E-state index contributed by atoms with van der Waals surface area (Å²) in [7, 11) is -3.58. The van der Waals surface area contributed by atoms with Crippen molar-refractivity contribution < 1.29 is 18.1 Å². The molecule has 0 unspecified atom stereocenters. The molecule has 0 spiro atoms. The molecule has 0 aliphatic heterocycles. The number of halogens is 1. The van der Waals surface area contributed by atoms with Crippen LogP contribution in [0.5, 0.6) is 0 Å². The van der Waals surface area contributed by atoms with E-state index in [1.165, 1.54) is 16.4 Å². The Morgan fingerprint density at radius 1 is 1.09 bits per heavy atom. The molecule has 0 atom stereocenters. The van der Waals surface area contributed by atoms with Crippen molar-refractivity contribution in [3.8, 4) is 0 Å². The van der Waals surface area contributed by atoms with Gasteiger partial charge in [-0.1, -0.05) is 35.9 Å². The summed E-state index contributed by atoms with van der Waals surface area (Å²) in [5.74, 6) is -0.435. The van der Waals surface area contributed by atoms with Gasteiger partial charge in [-0.15, -0.1) is 0 Å². The average molecular weight is 474 g/mol. The lowest BCUT2D eigenvalue weighted by atomic mass is 10.1. The minimum absolute atomic E-state index is 0.0606. The molecule has 3 aromatic rings. The largest absolute Gasteiger partial charge is 0.321 e. The molecular formula is C22H20ClN3O5S. The molecular weight excluding hydrogens is 454 g/mol. The number of rotatable bonds is 7. The van der Waals surface area contributed by atoms with Crippen LogP contribution in [0, 0.1) is 17.0 Å². The summed E-state index contributed by atoms with van der Waals surface area (Å²) in [5, 5.41) is 14.1. The maximum absolute atomic E-state index is 12.6. The number of hydrogen-bond acceptors (Lipinski definition) is 5. The van der Waals surface area contributed by atoms with Crippen molar-refractivity contribution in [3.05, 3.63) is 98.6 Å². The number of aryl methyl sites for hydroxylation is 1. The van der Waals surface area contributed by atoms with Gasteiger partial charge in [0.25, 0.3) is 11.6 Å². The van der Waals surface area contributed by atoms with Crippen LogP contribution in [0.2, 0.25) is 5.02 Å². The van der Waals surface area contributed by atoms with E-state index in [1.807, 2.05) is 0 Å². The number of benzene rings is 3. The highest BCUT2D eigenvalue weighted by molar-refractivity contribution is 7.92. The van der Waals surface area contributed by atoms with Crippen LogP contribution in [0.15, 0.2) is 66.7 Å². The Hall–Kier alpha value is -3.43. The van der Waals surface area contributed by atoms with E-state index in [9.17, 15) is 23.3 Å². The monoisotopic (exact) mass is 473 g/mol. The lowest BCUT2D eigenvalue weighted by Gasteiger charge is -2.22. The van der Waals surface area contributed by atoms with E-state index in [0.717, 1.165) is 6.26 Å². The number of sulfonamides is 1. The van der Waals surface area contributed by atoms with Gasteiger partial charge in [0.15, 0.2) is 0 Å². The van der Waals surface area contributed by atoms with Gasteiger partial charge in [-0.05, 0) is 48.4 Å². The Balaban J connectivity index is 1.79.